The van der Waals surface area contributed by atoms with Crippen molar-refractivity contribution < 1.29 is 52.7 Å². The molecule has 19 nitrogen and oxygen atoms in total. The lowest BCUT2D eigenvalue weighted by atomic mass is 10.0. The van der Waals surface area contributed by atoms with E-state index < -0.39 is 80.3 Å². The molecule has 0 bridgehead atoms. The minimum absolute atomic E-state index is 0.0837. The first-order valence-electron chi connectivity index (χ1n) is 17.0. The molecule has 9 N–H and O–H groups in total. The van der Waals surface area contributed by atoms with Crippen LogP contribution in [0.2, 0.25) is 0 Å². The first-order chi connectivity index (χ1) is 24.9. The van der Waals surface area contributed by atoms with Gasteiger partial charge in [0.25, 0.3) is 0 Å². The Morgan fingerprint density at radius 2 is 1.70 bits per heavy atom. The Bertz CT molecular complexity index is 1630. The number of thiophene rings is 1. The molecule has 3 heterocycles. The normalized spacial score (nSPS) is 17.4. The van der Waals surface area contributed by atoms with E-state index in [-0.39, 0.29) is 24.7 Å². The number of hydrogen-bond donors (Lipinski definition) is 8. The molecule has 1 fully saturated rings. The summed E-state index contributed by atoms with van der Waals surface area (Å²) >= 11 is 1.58. The first kappa shape index (κ1) is 43.2. The van der Waals surface area contributed by atoms with Crippen molar-refractivity contribution in [2.75, 3.05) is 13.2 Å². The zero-order chi connectivity index (χ0) is 39.5. The van der Waals surface area contributed by atoms with Gasteiger partial charge in [-0.1, -0.05) is 19.9 Å². The van der Waals surface area contributed by atoms with Crippen LogP contribution in [0.5, 0.6) is 0 Å². The lowest BCUT2D eigenvalue weighted by molar-refractivity contribution is -0.139. The second-order valence-corrected chi connectivity index (χ2v) is 15.4. The zero-order valence-corrected chi connectivity index (χ0v) is 31.7. The summed E-state index contributed by atoms with van der Waals surface area (Å²) in [4.78, 5) is 104. The number of primary amides is 1. The number of nitrogens with one attached hydrogen (secondary N) is 4. The van der Waals surface area contributed by atoms with E-state index in [0.29, 0.717) is 38.2 Å². The summed E-state index contributed by atoms with van der Waals surface area (Å²) in [5.41, 5.74) is 5.31. The highest BCUT2D eigenvalue weighted by Gasteiger charge is 2.37. The van der Waals surface area contributed by atoms with Gasteiger partial charge >= 0.3 is 7.82 Å². The van der Waals surface area contributed by atoms with Gasteiger partial charge in [0.2, 0.25) is 35.4 Å². The summed E-state index contributed by atoms with van der Waals surface area (Å²) in [5.74, 6) is -4.50. The van der Waals surface area contributed by atoms with Gasteiger partial charge in [0.05, 0.1) is 12.7 Å². The molecule has 6 amide bonds. The highest BCUT2D eigenvalue weighted by molar-refractivity contribution is 7.46. The lowest BCUT2D eigenvalue weighted by Gasteiger charge is -2.28. The van der Waals surface area contributed by atoms with E-state index in [1.165, 1.54) is 18.0 Å². The van der Waals surface area contributed by atoms with Crippen LogP contribution in [0.25, 0.3) is 0 Å². The summed E-state index contributed by atoms with van der Waals surface area (Å²) in [6.07, 6.45) is 3.32. The van der Waals surface area contributed by atoms with Crippen LogP contribution in [0.15, 0.2) is 29.9 Å². The van der Waals surface area contributed by atoms with Gasteiger partial charge in [-0.25, -0.2) is 9.55 Å². The molecule has 1 saturated heterocycles. The third-order valence-electron chi connectivity index (χ3n) is 8.49. The molecule has 0 aliphatic carbocycles. The number of carbonyl (C=O) groups excluding carboxylic acids is 6. The third-order valence-corrected chi connectivity index (χ3v) is 10.0. The standard InChI is InChI=1S/C32H49N8O11PS/c1-18(2)15-22(36-32(47)25-8-5-11-40(25)20(4)42)29(44)35-23(16-26-34-10-13-39(26)12-9-21-7-6-14-53-21)30(45)37-24(17-41)31(46)38-27(28(33)43)19(3)51-52(48,49)50/h6-7,10,13-14,18-19,22-25,27,41H,5,8-9,11-12,15-17H2,1-4H3,(H2,33,43)(H,35,44)(H,36,47)(H,37,45)(H,38,46)(H2,48,49,50)/t19-,22+,23+,24+,25+,27+/m1/s1. The molecule has 1 aliphatic rings. The van der Waals surface area contributed by atoms with Gasteiger partial charge in [-0.3, -0.25) is 33.3 Å². The number of imidazole rings is 1. The average molecular weight is 785 g/mol. The predicted octanol–water partition coefficient (Wildman–Crippen LogP) is -1.30. The summed E-state index contributed by atoms with van der Waals surface area (Å²) in [5, 5.41) is 21.9. The fourth-order valence-electron chi connectivity index (χ4n) is 5.89. The maximum atomic E-state index is 13.9. The smallest absolute Gasteiger partial charge is 0.394 e. The van der Waals surface area contributed by atoms with Crippen LogP contribution in [-0.2, 0) is 57.2 Å². The van der Waals surface area contributed by atoms with E-state index in [1.807, 2.05) is 31.4 Å². The minimum atomic E-state index is -5.10. The van der Waals surface area contributed by atoms with Gasteiger partial charge in [0, 0.05) is 43.7 Å². The van der Waals surface area contributed by atoms with Crippen molar-refractivity contribution in [3.05, 3.63) is 40.6 Å². The fraction of sp³-hybridized carbons (Fsp3) is 0.594. The maximum Gasteiger partial charge on any atom is 0.469 e. The van der Waals surface area contributed by atoms with Crippen LogP contribution in [0, 0.1) is 5.92 Å². The predicted molar refractivity (Wildman–Crippen MR) is 190 cm³/mol. The number of aryl methyl sites for hydroxylation is 2. The molecule has 21 heteroatoms. The van der Waals surface area contributed by atoms with Crippen molar-refractivity contribution in [2.45, 2.75) is 103 Å². The SMILES string of the molecule is CC(=O)N1CCC[C@H]1C(=O)N[C@@H](CC(C)C)C(=O)N[C@@H](Cc1nccn1CCc1cccs1)C(=O)N[C@@H](CO)C(=O)N[C@H](C(N)=O)[C@@H](C)OP(=O)(O)O. The number of likely N-dealkylation sites (tertiary alicyclic amines) is 1. The van der Waals surface area contributed by atoms with Gasteiger partial charge < -0.3 is 51.4 Å². The molecule has 0 saturated carbocycles. The topological polar surface area (TPSA) is 285 Å². The summed E-state index contributed by atoms with van der Waals surface area (Å²) in [6.45, 7) is 6.02. The number of nitrogens with two attached hydrogens (primary N) is 1. The number of nitrogens with zero attached hydrogens (tertiary/aromatic N) is 3. The lowest BCUT2D eigenvalue weighted by Crippen LogP contribution is -2.61. The largest absolute Gasteiger partial charge is 0.469 e. The Labute approximate surface area is 310 Å². The summed E-state index contributed by atoms with van der Waals surface area (Å²) in [6, 6.07) is -2.89. The van der Waals surface area contributed by atoms with E-state index in [1.54, 1.807) is 22.1 Å². The Balaban J connectivity index is 1.86. The summed E-state index contributed by atoms with van der Waals surface area (Å²) in [7, 11) is -5.10. The van der Waals surface area contributed by atoms with Crippen molar-refractivity contribution in [3.8, 4) is 0 Å². The monoisotopic (exact) mass is 784 g/mol. The molecule has 53 heavy (non-hydrogen) atoms. The number of amides is 6. The van der Waals surface area contributed by atoms with Crippen LogP contribution >= 0.6 is 19.2 Å². The average Bonchev–Trinajstić information content (AvgIpc) is 3.85. The number of phosphoric acid groups is 1. The highest BCUT2D eigenvalue weighted by Crippen LogP contribution is 2.38. The van der Waals surface area contributed by atoms with Gasteiger partial charge in [-0.05, 0) is 50.0 Å². The van der Waals surface area contributed by atoms with E-state index in [9.17, 15) is 38.4 Å². The van der Waals surface area contributed by atoms with Gasteiger partial charge in [0.15, 0.2) is 0 Å². The van der Waals surface area contributed by atoms with Gasteiger partial charge in [-0.2, -0.15) is 0 Å². The van der Waals surface area contributed by atoms with Gasteiger partial charge in [0.1, 0.15) is 36.0 Å². The number of aromatic nitrogens is 2. The molecular weight excluding hydrogens is 735 g/mol. The Morgan fingerprint density at radius 1 is 1.04 bits per heavy atom. The maximum absolute atomic E-state index is 13.9. The summed E-state index contributed by atoms with van der Waals surface area (Å²) < 4.78 is 17.6. The first-order valence-corrected chi connectivity index (χ1v) is 19.5. The molecular formula is C32H49N8O11PS. The second kappa shape index (κ2) is 19.8. The van der Waals surface area contributed by atoms with Gasteiger partial charge in [-0.15, -0.1) is 11.3 Å². The molecule has 0 aromatic carbocycles. The number of aliphatic hydroxyl groups excluding tert-OH is 1. The Kier molecular flexibility index (Phi) is 16.1. The van der Waals surface area contributed by atoms with E-state index in [2.05, 4.69) is 30.8 Å². The number of aliphatic hydroxyl groups is 1. The van der Waals surface area contributed by atoms with Crippen LogP contribution in [-0.4, -0.2) is 114 Å². The molecule has 6 atom stereocenters. The molecule has 2 aromatic rings. The molecule has 2 aromatic heterocycles. The quantitative estimate of drug-likeness (QED) is 0.0728. The van der Waals surface area contributed by atoms with E-state index >= 15 is 0 Å². The zero-order valence-electron chi connectivity index (χ0n) is 30.0. The molecule has 0 spiro atoms. The molecule has 0 unspecified atom stereocenters. The number of phosphoric ester groups is 1. The number of carbonyl (C=O) groups is 6. The highest BCUT2D eigenvalue weighted by atomic mass is 32.1. The minimum Gasteiger partial charge on any atom is -0.394 e. The van der Waals surface area contributed by atoms with Crippen molar-refractivity contribution in [3.63, 3.8) is 0 Å². The molecule has 294 valence electrons. The molecule has 3 rings (SSSR count). The van der Waals surface area contributed by atoms with Crippen molar-refractivity contribution in [1.29, 1.82) is 0 Å². The van der Waals surface area contributed by atoms with E-state index in [4.69, 9.17) is 15.5 Å². The molecule has 1 aliphatic heterocycles. The van der Waals surface area contributed by atoms with E-state index in [0.717, 1.165) is 11.8 Å². The van der Waals surface area contributed by atoms with Crippen molar-refractivity contribution in [2.24, 2.45) is 11.7 Å². The van der Waals surface area contributed by atoms with Crippen LogP contribution in [0.3, 0.4) is 0 Å². The number of rotatable bonds is 20. The Morgan fingerprint density at radius 3 is 2.28 bits per heavy atom. The Hall–Kier alpha value is -4.20. The van der Waals surface area contributed by atoms with Crippen LogP contribution in [0.1, 0.15) is 57.7 Å². The third kappa shape index (κ3) is 13.3. The van der Waals surface area contributed by atoms with Crippen molar-refractivity contribution >= 4 is 54.6 Å². The van der Waals surface area contributed by atoms with Crippen LogP contribution < -0.4 is 27.0 Å². The molecule has 0 radical (unpaired) electrons. The number of hydrogen-bond acceptors (Lipinski definition) is 11. The van der Waals surface area contributed by atoms with Crippen LogP contribution in [0.4, 0.5) is 0 Å². The fourth-order valence-corrected chi connectivity index (χ4v) is 7.14. The second-order valence-electron chi connectivity index (χ2n) is 13.1. The van der Waals surface area contributed by atoms with Crippen molar-refractivity contribution in [1.82, 2.24) is 35.7 Å².